The van der Waals surface area contributed by atoms with Crippen molar-refractivity contribution < 1.29 is 17.6 Å². The highest BCUT2D eigenvalue weighted by atomic mass is 32.2. The maximum atomic E-state index is 13.6. The molecular weight excluding hydrogens is 379 g/mol. The highest BCUT2D eigenvalue weighted by Gasteiger charge is 2.26. The number of halogens is 1. The van der Waals surface area contributed by atoms with Crippen LogP contribution >= 0.6 is 0 Å². The van der Waals surface area contributed by atoms with Crippen molar-refractivity contribution in [1.82, 2.24) is 9.21 Å². The van der Waals surface area contributed by atoms with Gasteiger partial charge < -0.3 is 4.90 Å². The molecule has 0 N–H and O–H groups in total. The molecule has 1 amide bonds. The van der Waals surface area contributed by atoms with Crippen LogP contribution in [0, 0.1) is 5.82 Å². The summed E-state index contributed by atoms with van der Waals surface area (Å²) in [5.74, 6) is -0.659. The van der Waals surface area contributed by atoms with Crippen LogP contribution in [0.3, 0.4) is 0 Å². The van der Waals surface area contributed by atoms with E-state index in [1.54, 1.807) is 29.2 Å². The first-order chi connectivity index (χ1) is 13.5. The number of rotatable bonds is 5. The molecule has 7 heteroatoms. The fraction of sp³-hybridized carbons (Fsp3) is 0.190. The van der Waals surface area contributed by atoms with E-state index in [2.05, 4.69) is 0 Å². The van der Waals surface area contributed by atoms with Gasteiger partial charge in [0.1, 0.15) is 5.82 Å². The Morgan fingerprint density at radius 1 is 0.893 bits per heavy atom. The molecule has 0 spiro atoms. The molecule has 1 fully saturated rings. The minimum absolute atomic E-state index is 0.223. The van der Waals surface area contributed by atoms with Crippen molar-refractivity contribution in [2.24, 2.45) is 0 Å². The fourth-order valence-corrected chi connectivity index (χ4v) is 4.03. The second-order valence-electron chi connectivity index (χ2n) is 6.34. The highest BCUT2D eigenvalue weighted by Crippen LogP contribution is 2.13. The van der Waals surface area contributed by atoms with Crippen molar-refractivity contribution in [3.8, 4) is 0 Å². The molecule has 0 saturated carbocycles. The van der Waals surface area contributed by atoms with E-state index in [0.717, 1.165) is 5.56 Å². The molecule has 5 nitrogen and oxygen atoms in total. The minimum Gasteiger partial charge on any atom is -0.337 e. The smallest absolute Gasteiger partial charge is 0.246 e. The zero-order valence-corrected chi connectivity index (χ0v) is 16.1. The van der Waals surface area contributed by atoms with Crippen LogP contribution in [0.15, 0.2) is 66.1 Å². The molecule has 0 aliphatic carbocycles. The van der Waals surface area contributed by atoms with Gasteiger partial charge in [-0.15, -0.1) is 0 Å². The van der Waals surface area contributed by atoms with Crippen LogP contribution in [0.1, 0.15) is 11.1 Å². The van der Waals surface area contributed by atoms with Crippen molar-refractivity contribution in [2.45, 2.75) is 0 Å². The molecule has 28 heavy (non-hydrogen) atoms. The normalized spacial score (nSPS) is 16.1. The highest BCUT2D eigenvalue weighted by molar-refractivity contribution is 7.92. The number of sulfonamides is 1. The lowest BCUT2D eigenvalue weighted by atomic mass is 10.2. The molecule has 1 aliphatic heterocycles. The Kier molecular flexibility index (Phi) is 6.38. The van der Waals surface area contributed by atoms with Gasteiger partial charge in [0, 0.05) is 43.2 Å². The van der Waals surface area contributed by atoms with E-state index in [1.165, 1.54) is 27.9 Å². The number of amides is 1. The Bertz CT molecular complexity index is 980. The zero-order valence-electron chi connectivity index (χ0n) is 15.2. The summed E-state index contributed by atoms with van der Waals surface area (Å²) < 4.78 is 39.9. The molecule has 3 rings (SSSR count). The maximum absolute atomic E-state index is 13.6. The average Bonchev–Trinajstić information content (AvgIpc) is 2.72. The van der Waals surface area contributed by atoms with Gasteiger partial charge in [0.2, 0.25) is 15.9 Å². The van der Waals surface area contributed by atoms with Crippen LogP contribution in [-0.2, 0) is 14.8 Å². The fourth-order valence-electron chi connectivity index (χ4n) is 2.85. The Morgan fingerprint density at radius 2 is 1.54 bits per heavy atom. The van der Waals surface area contributed by atoms with E-state index in [0.29, 0.717) is 18.7 Å². The first kappa shape index (κ1) is 20.0. The summed E-state index contributed by atoms with van der Waals surface area (Å²) in [6.07, 6.45) is 4.31. The molecule has 0 radical (unpaired) electrons. The van der Waals surface area contributed by atoms with Gasteiger partial charge in [-0.05, 0) is 23.8 Å². The summed E-state index contributed by atoms with van der Waals surface area (Å²) >= 11 is 0. The maximum Gasteiger partial charge on any atom is 0.246 e. The Balaban J connectivity index is 1.57. The van der Waals surface area contributed by atoms with Crippen molar-refractivity contribution in [3.05, 3.63) is 83.0 Å². The van der Waals surface area contributed by atoms with Gasteiger partial charge in [0.05, 0.1) is 0 Å². The van der Waals surface area contributed by atoms with Crippen molar-refractivity contribution in [3.63, 3.8) is 0 Å². The monoisotopic (exact) mass is 400 g/mol. The van der Waals surface area contributed by atoms with E-state index in [4.69, 9.17) is 0 Å². The molecule has 1 saturated heterocycles. The third kappa shape index (κ3) is 5.15. The van der Waals surface area contributed by atoms with Gasteiger partial charge in [-0.3, -0.25) is 4.79 Å². The van der Waals surface area contributed by atoms with Crippen LogP contribution < -0.4 is 0 Å². The number of piperazine rings is 1. The number of hydrogen-bond acceptors (Lipinski definition) is 3. The average molecular weight is 400 g/mol. The number of carbonyl (C=O) groups is 1. The largest absolute Gasteiger partial charge is 0.337 e. The molecule has 0 bridgehead atoms. The van der Waals surface area contributed by atoms with Gasteiger partial charge in [0.15, 0.2) is 0 Å². The van der Waals surface area contributed by atoms with E-state index in [-0.39, 0.29) is 19.0 Å². The van der Waals surface area contributed by atoms with E-state index >= 15 is 0 Å². The van der Waals surface area contributed by atoms with Gasteiger partial charge in [-0.25, -0.2) is 12.8 Å². The molecule has 2 aromatic carbocycles. The quantitative estimate of drug-likeness (QED) is 0.725. The number of benzene rings is 2. The van der Waals surface area contributed by atoms with E-state index in [9.17, 15) is 17.6 Å². The number of nitrogens with zero attached hydrogens (tertiary/aromatic N) is 2. The minimum atomic E-state index is -3.54. The molecule has 0 aromatic heterocycles. The lowest BCUT2D eigenvalue weighted by Crippen LogP contribution is -2.49. The van der Waals surface area contributed by atoms with Crippen LogP contribution in [0.25, 0.3) is 12.2 Å². The second kappa shape index (κ2) is 8.95. The lowest BCUT2D eigenvalue weighted by molar-refractivity contribution is -0.127. The summed E-state index contributed by atoms with van der Waals surface area (Å²) in [6.45, 7) is 1.03. The van der Waals surface area contributed by atoms with Crippen LogP contribution in [0.5, 0.6) is 0 Å². The van der Waals surface area contributed by atoms with E-state index < -0.39 is 15.8 Å². The molecule has 0 unspecified atom stereocenters. The van der Waals surface area contributed by atoms with Gasteiger partial charge >= 0.3 is 0 Å². The van der Waals surface area contributed by atoms with Crippen LogP contribution in [0.2, 0.25) is 0 Å². The zero-order chi connectivity index (χ0) is 20.0. The van der Waals surface area contributed by atoms with Crippen LogP contribution in [0.4, 0.5) is 4.39 Å². The standard InChI is InChI=1S/C21H21FN2O3S/c22-20-9-5-4-8-19(20)10-11-21(25)23-13-15-24(16-14-23)28(26,27)17-12-18-6-2-1-3-7-18/h1-12,17H,13-16H2/b11-10+,17-12+. The van der Waals surface area contributed by atoms with Crippen molar-refractivity contribution in [1.29, 1.82) is 0 Å². The Hall–Kier alpha value is -2.77. The molecule has 1 aliphatic rings. The predicted octanol–water partition coefficient (Wildman–Crippen LogP) is 2.98. The topological polar surface area (TPSA) is 57.7 Å². The van der Waals surface area contributed by atoms with Gasteiger partial charge in [-0.1, -0.05) is 48.5 Å². The summed E-state index contributed by atoms with van der Waals surface area (Å²) in [5, 5.41) is 1.19. The Morgan fingerprint density at radius 3 is 2.21 bits per heavy atom. The molecule has 2 aromatic rings. The van der Waals surface area contributed by atoms with E-state index in [1.807, 2.05) is 30.3 Å². The molecule has 1 heterocycles. The first-order valence-corrected chi connectivity index (χ1v) is 10.4. The Labute approximate surface area is 164 Å². The summed E-state index contributed by atoms with van der Waals surface area (Å²) in [6, 6.07) is 15.4. The first-order valence-electron chi connectivity index (χ1n) is 8.90. The lowest BCUT2D eigenvalue weighted by Gasteiger charge is -2.32. The predicted molar refractivity (Wildman–Crippen MR) is 108 cm³/mol. The molecular formula is C21H21FN2O3S. The molecule has 146 valence electrons. The van der Waals surface area contributed by atoms with Crippen molar-refractivity contribution in [2.75, 3.05) is 26.2 Å². The summed E-state index contributed by atoms with van der Waals surface area (Å²) in [7, 11) is -3.54. The second-order valence-corrected chi connectivity index (χ2v) is 8.16. The van der Waals surface area contributed by atoms with Gasteiger partial charge in [0.25, 0.3) is 0 Å². The third-order valence-corrected chi connectivity index (χ3v) is 6.02. The number of carbonyl (C=O) groups excluding carboxylic acids is 1. The SMILES string of the molecule is O=C(/C=C/c1ccccc1F)N1CCN(S(=O)(=O)/C=C/c2ccccc2)CC1. The summed E-state index contributed by atoms with van der Waals surface area (Å²) in [4.78, 5) is 13.8. The van der Waals surface area contributed by atoms with Crippen molar-refractivity contribution >= 4 is 28.1 Å². The van der Waals surface area contributed by atoms with Crippen LogP contribution in [-0.4, -0.2) is 49.7 Å². The van der Waals surface area contributed by atoms with Gasteiger partial charge in [-0.2, -0.15) is 4.31 Å². The molecule has 0 atom stereocenters. The third-order valence-electron chi connectivity index (χ3n) is 4.45. The number of hydrogen-bond donors (Lipinski definition) is 0. The summed E-state index contributed by atoms with van der Waals surface area (Å²) in [5.41, 5.74) is 1.14.